The van der Waals surface area contributed by atoms with Gasteiger partial charge in [0.1, 0.15) is 12.0 Å². The summed E-state index contributed by atoms with van der Waals surface area (Å²) in [5.41, 5.74) is 10.7. The van der Waals surface area contributed by atoms with Crippen LogP contribution in [0, 0.1) is 19.2 Å². The summed E-state index contributed by atoms with van der Waals surface area (Å²) in [5.74, 6) is -0.375. The molecule has 0 radical (unpaired) electrons. The molecule has 3 N–H and O–H groups in total. The zero-order valence-corrected chi connectivity index (χ0v) is 19.8. The van der Waals surface area contributed by atoms with E-state index in [-0.39, 0.29) is 44.6 Å². The Morgan fingerprint density at radius 1 is 1.27 bits per heavy atom. The molecule has 1 aliphatic carbocycles. The van der Waals surface area contributed by atoms with Crippen LogP contribution in [0.25, 0.3) is 16.9 Å². The van der Waals surface area contributed by atoms with Gasteiger partial charge in [-0.2, -0.15) is 0 Å². The molecule has 160 valence electrons. The van der Waals surface area contributed by atoms with Crippen LogP contribution in [0.4, 0.5) is 13.6 Å². The Morgan fingerprint density at radius 3 is 2.53 bits per heavy atom. The second kappa shape index (κ2) is 11.1. The second-order valence-electron chi connectivity index (χ2n) is 7.61. The largest absolute Gasteiger partial charge is 4.00 e. The van der Waals surface area contributed by atoms with Crippen LogP contribution in [0.3, 0.4) is 0 Å². The van der Waals surface area contributed by atoms with Crippen LogP contribution < -0.4 is 5.32 Å². The minimum absolute atomic E-state index is 0. The van der Waals surface area contributed by atoms with E-state index in [0.29, 0.717) is 11.1 Å². The van der Waals surface area contributed by atoms with Gasteiger partial charge in [0.15, 0.2) is 0 Å². The normalized spacial score (nSPS) is 22.0. The summed E-state index contributed by atoms with van der Waals surface area (Å²) in [5, 5.41) is 1.36. The van der Waals surface area contributed by atoms with Crippen molar-refractivity contribution in [2.45, 2.75) is 44.4 Å². The topological polar surface area (TPSA) is 60.7 Å². The fourth-order valence-electron chi connectivity index (χ4n) is 3.53. The van der Waals surface area contributed by atoms with E-state index in [4.69, 9.17) is 5.73 Å². The molecule has 1 aliphatic heterocycles. The van der Waals surface area contributed by atoms with E-state index in [0.717, 1.165) is 11.1 Å². The maximum Gasteiger partial charge on any atom is 4.00 e. The average Bonchev–Trinajstić information content (AvgIpc) is 3.57. The predicted molar refractivity (Wildman–Crippen MR) is 111 cm³/mol. The fourth-order valence-corrected chi connectivity index (χ4v) is 3.53. The zero-order chi connectivity index (χ0) is 21.0. The average molecular weight is 591 g/mol. The van der Waals surface area contributed by atoms with Crippen LogP contribution in [0.2, 0.25) is 0 Å². The molecule has 2 aromatic rings. The summed E-state index contributed by atoms with van der Waals surface area (Å²) in [7, 11) is 1.59. The predicted octanol–water partition coefficient (Wildman–Crippen LogP) is 4.08. The van der Waals surface area contributed by atoms with Crippen molar-refractivity contribution < 1.29 is 38.7 Å². The molecule has 30 heavy (non-hydrogen) atoms. The number of rotatable bonds is 3. The van der Waals surface area contributed by atoms with E-state index < -0.39 is 18.3 Å². The molecule has 2 amide bonds. The molecule has 0 unspecified atom stereocenters. The van der Waals surface area contributed by atoms with Crippen LogP contribution >= 0.6 is 0 Å². The number of nitrogens with zero attached hydrogens (tertiary/aromatic N) is 1. The van der Waals surface area contributed by atoms with E-state index >= 15 is 4.39 Å². The summed E-state index contributed by atoms with van der Waals surface area (Å²) < 4.78 is 29.1. The van der Waals surface area contributed by atoms with Crippen LogP contribution in [-0.4, -0.2) is 42.8 Å². The van der Waals surface area contributed by atoms with Gasteiger partial charge in [0, 0.05) is 11.6 Å². The molecular formula is C23H28F2N3OOs+3. The first-order chi connectivity index (χ1) is 13.9. The first-order valence-electron chi connectivity index (χ1n) is 10.0. The number of nitrogens with two attached hydrogens (primary N) is 1. The maximum atomic E-state index is 15.1. The molecule has 2 aromatic carbocycles. The van der Waals surface area contributed by atoms with Crippen LogP contribution in [0.15, 0.2) is 42.5 Å². The van der Waals surface area contributed by atoms with Crippen molar-refractivity contribution in [3.63, 3.8) is 0 Å². The number of aryl methyl sites for hydroxylation is 1. The number of likely N-dealkylation sites (tertiary alicyclic amines) is 1. The Balaban J connectivity index is 0.000000735. The van der Waals surface area contributed by atoms with Crippen LogP contribution in [-0.2, 0) is 26.2 Å². The SMILES string of the molecule is C[NH2+]C(=O)N1C[C@H](F)[C@H]([NH-])[C@@H]1Cc1cccc(-c2cccc(C)c2)c1F.[CH-]1CC1.[Os+4]. The van der Waals surface area contributed by atoms with Gasteiger partial charge in [-0.15, -0.1) is 0 Å². The first-order valence-corrected chi connectivity index (χ1v) is 10.0. The molecule has 3 atom stereocenters. The van der Waals surface area contributed by atoms with E-state index in [2.05, 4.69) is 6.42 Å². The number of primary amides is 1. The Labute approximate surface area is 190 Å². The van der Waals surface area contributed by atoms with E-state index in [1.165, 1.54) is 23.1 Å². The van der Waals surface area contributed by atoms with Crippen molar-refractivity contribution in [1.29, 1.82) is 0 Å². The Bertz CT molecular complexity index is 859. The van der Waals surface area contributed by atoms with Gasteiger partial charge < -0.3 is 12.2 Å². The first kappa shape index (κ1) is 24.6. The summed E-state index contributed by atoms with van der Waals surface area (Å²) in [6.07, 6.45) is 3.71. The third-order valence-electron chi connectivity index (χ3n) is 5.23. The minimum atomic E-state index is -1.41. The third kappa shape index (κ3) is 5.94. The molecule has 0 aromatic heterocycles. The number of nitrogens with one attached hydrogen (secondary N) is 1. The number of alkyl halides is 1. The monoisotopic (exact) mass is 592 g/mol. The van der Waals surface area contributed by atoms with Crippen molar-refractivity contribution in [1.82, 2.24) is 4.90 Å². The zero-order valence-electron chi connectivity index (χ0n) is 17.2. The van der Waals surface area contributed by atoms with Crippen LogP contribution in [0.1, 0.15) is 24.0 Å². The molecule has 0 spiro atoms. The smallest absolute Gasteiger partial charge is 0.671 e. The van der Waals surface area contributed by atoms with Crippen molar-refractivity contribution in [3.05, 3.63) is 71.6 Å². The molecule has 2 aliphatic rings. The molecule has 4 rings (SSSR count). The van der Waals surface area contributed by atoms with E-state index in [9.17, 15) is 9.18 Å². The van der Waals surface area contributed by atoms with Gasteiger partial charge in [0.25, 0.3) is 0 Å². The molecule has 1 saturated heterocycles. The maximum absolute atomic E-state index is 15.1. The van der Waals surface area contributed by atoms with Crippen molar-refractivity contribution >= 4 is 6.03 Å². The fraction of sp³-hybridized carbons (Fsp3) is 0.391. The number of carbonyl (C=O) groups is 1. The number of halogens is 2. The molecule has 2 fully saturated rings. The number of hydrogen-bond acceptors (Lipinski definition) is 1. The molecule has 1 saturated carbocycles. The van der Waals surface area contributed by atoms with Gasteiger partial charge in [-0.25, -0.2) is 26.4 Å². The van der Waals surface area contributed by atoms with Crippen molar-refractivity contribution in [3.8, 4) is 11.1 Å². The Kier molecular flexibility index (Phi) is 9.09. The van der Waals surface area contributed by atoms with Crippen molar-refractivity contribution in [2.24, 2.45) is 0 Å². The summed E-state index contributed by atoms with van der Waals surface area (Å²) in [6.45, 7) is 1.84. The molecule has 7 heteroatoms. The molecule has 1 heterocycles. The Morgan fingerprint density at radius 2 is 1.93 bits per heavy atom. The number of quaternary nitrogens is 1. The van der Waals surface area contributed by atoms with Gasteiger partial charge in [-0.3, -0.25) is 10.2 Å². The number of amides is 2. The van der Waals surface area contributed by atoms with Gasteiger partial charge in [0.05, 0.1) is 13.6 Å². The number of carbonyl (C=O) groups excluding carboxylic acids is 1. The van der Waals surface area contributed by atoms with E-state index in [1.54, 1.807) is 25.2 Å². The third-order valence-corrected chi connectivity index (χ3v) is 5.23. The summed E-state index contributed by atoms with van der Waals surface area (Å²) in [6, 6.07) is 10.6. The second-order valence-corrected chi connectivity index (χ2v) is 7.61. The number of hydrogen-bond donors (Lipinski definition) is 1. The quantitative estimate of drug-likeness (QED) is 0.539. The van der Waals surface area contributed by atoms with Gasteiger partial charge in [-0.1, -0.05) is 54.1 Å². The van der Waals surface area contributed by atoms with E-state index in [1.807, 2.05) is 31.2 Å². The number of benzene rings is 2. The molecule has 0 bridgehead atoms. The van der Waals surface area contributed by atoms with Gasteiger partial charge in [-0.05, 0) is 24.5 Å². The number of urea groups is 1. The van der Waals surface area contributed by atoms with Crippen molar-refractivity contribution in [2.75, 3.05) is 13.6 Å². The summed E-state index contributed by atoms with van der Waals surface area (Å²) >= 11 is 0. The standard InChI is InChI=1S/C20H22F2N3O.C3H5.Os/c1-12-5-3-6-13(9-12)15-8-4-7-14(18(15)22)10-17-19(23)16(21)11-25(17)20(26)24-2;1-2-3-1;/h3-9,16-17,19,23H,10-11H2,1-2H3,(H,24,26);1H,2-3H2;/q2*-1;+4/p+1/t16-,17-,19-;;/m0../s1. The Hall–Kier alpha value is -1.67. The molecular weight excluding hydrogens is 562 g/mol. The van der Waals surface area contributed by atoms with Crippen LogP contribution in [0.5, 0.6) is 0 Å². The molecule has 4 nitrogen and oxygen atoms in total. The minimum Gasteiger partial charge on any atom is -0.671 e. The van der Waals surface area contributed by atoms with Gasteiger partial charge >= 0.3 is 25.8 Å². The van der Waals surface area contributed by atoms with Gasteiger partial charge in [0.2, 0.25) is 0 Å². The summed E-state index contributed by atoms with van der Waals surface area (Å²) in [4.78, 5) is 13.4.